The number of benzene rings is 1. The van der Waals surface area contributed by atoms with Crippen molar-refractivity contribution in [2.45, 2.75) is 70.2 Å². The fourth-order valence-corrected chi connectivity index (χ4v) is 8.36. The van der Waals surface area contributed by atoms with Crippen molar-refractivity contribution in [1.29, 1.82) is 0 Å². The molecule has 1 aromatic carbocycles. The van der Waals surface area contributed by atoms with Crippen molar-refractivity contribution in [2.24, 2.45) is 23.2 Å². The zero-order valence-corrected chi connectivity index (χ0v) is 20.7. The van der Waals surface area contributed by atoms with Gasteiger partial charge in [0.1, 0.15) is 0 Å². The average molecular weight is 477 g/mol. The van der Waals surface area contributed by atoms with E-state index in [2.05, 4.69) is 12.2 Å². The van der Waals surface area contributed by atoms with Crippen LogP contribution in [0.1, 0.15) is 69.7 Å². The fourth-order valence-electron chi connectivity index (χ4n) is 6.85. The number of carbonyl (C=O) groups is 2. The van der Waals surface area contributed by atoms with Crippen molar-refractivity contribution in [3.63, 3.8) is 0 Å². The van der Waals surface area contributed by atoms with Crippen molar-refractivity contribution in [2.75, 3.05) is 19.7 Å². The third-order valence-corrected chi connectivity index (χ3v) is 10.2. The van der Waals surface area contributed by atoms with Crippen LogP contribution in [-0.2, 0) is 19.6 Å². The summed E-state index contributed by atoms with van der Waals surface area (Å²) in [6.45, 7) is 5.94. The van der Waals surface area contributed by atoms with Gasteiger partial charge in [0.05, 0.1) is 10.5 Å². The molecule has 4 aliphatic carbocycles. The highest BCUT2D eigenvalue weighted by atomic mass is 32.2. The Morgan fingerprint density at radius 2 is 1.67 bits per heavy atom. The molecule has 4 saturated carbocycles. The number of esters is 1. The van der Waals surface area contributed by atoms with E-state index in [1.165, 1.54) is 67.1 Å². The predicted molar refractivity (Wildman–Crippen MR) is 125 cm³/mol. The zero-order chi connectivity index (χ0) is 23.8. The maximum atomic E-state index is 12.7. The highest BCUT2D eigenvalue weighted by molar-refractivity contribution is 7.89. The molecule has 1 unspecified atom stereocenters. The highest BCUT2D eigenvalue weighted by Crippen LogP contribution is 2.61. The summed E-state index contributed by atoms with van der Waals surface area (Å²) in [6.07, 6.45) is 7.61. The van der Waals surface area contributed by atoms with Crippen LogP contribution in [0.5, 0.6) is 0 Å². The van der Waals surface area contributed by atoms with Crippen LogP contribution in [0.3, 0.4) is 0 Å². The molecular formula is C25H36N2O5S. The Morgan fingerprint density at radius 3 is 2.21 bits per heavy atom. The molecule has 0 spiro atoms. The Hall–Kier alpha value is -1.93. The van der Waals surface area contributed by atoms with Gasteiger partial charge in [0.2, 0.25) is 10.0 Å². The number of amides is 1. The second-order valence-electron chi connectivity index (χ2n) is 10.3. The van der Waals surface area contributed by atoms with Gasteiger partial charge >= 0.3 is 5.97 Å². The summed E-state index contributed by atoms with van der Waals surface area (Å²) in [5.74, 6) is 1.39. The molecule has 0 heterocycles. The maximum absolute atomic E-state index is 12.7. The SMILES string of the molecule is CCN(CC)S(=O)(=O)c1cccc(C(=O)OCC(=O)NC(C)C23CC4CC(CC(C4)C2)C3)c1. The number of hydrogen-bond acceptors (Lipinski definition) is 5. The minimum Gasteiger partial charge on any atom is -0.452 e. The number of rotatable bonds is 9. The number of sulfonamides is 1. The number of nitrogens with zero attached hydrogens (tertiary/aromatic N) is 1. The minimum atomic E-state index is -3.68. The van der Waals surface area contributed by atoms with E-state index in [-0.39, 0.29) is 34.4 Å². The number of nitrogens with one attached hydrogen (secondary N) is 1. The second kappa shape index (κ2) is 9.37. The van der Waals surface area contributed by atoms with Gasteiger partial charge in [0.15, 0.2) is 6.61 Å². The molecule has 182 valence electrons. The molecule has 7 nitrogen and oxygen atoms in total. The van der Waals surface area contributed by atoms with Crippen LogP contribution < -0.4 is 5.32 Å². The lowest BCUT2D eigenvalue weighted by atomic mass is 9.48. The van der Waals surface area contributed by atoms with Gasteiger partial charge in [-0.3, -0.25) is 4.79 Å². The van der Waals surface area contributed by atoms with E-state index in [0.717, 1.165) is 17.8 Å². The monoisotopic (exact) mass is 476 g/mol. The molecule has 4 bridgehead atoms. The molecule has 0 radical (unpaired) electrons. The molecule has 33 heavy (non-hydrogen) atoms. The summed E-state index contributed by atoms with van der Waals surface area (Å²) >= 11 is 0. The minimum absolute atomic E-state index is 0.0422. The molecule has 1 atom stereocenters. The Balaban J connectivity index is 1.34. The number of carbonyl (C=O) groups excluding carboxylic acids is 2. The van der Waals surface area contributed by atoms with E-state index in [1.54, 1.807) is 13.8 Å². The molecule has 4 fully saturated rings. The Labute approximate surface area is 197 Å². The first-order valence-electron chi connectivity index (χ1n) is 12.2. The number of hydrogen-bond donors (Lipinski definition) is 1. The zero-order valence-electron chi connectivity index (χ0n) is 19.9. The van der Waals surface area contributed by atoms with Crippen LogP contribution in [0.4, 0.5) is 0 Å². The van der Waals surface area contributed by atoms with Crippen LogP contribution in [0.2, 0.25) is 0 Å². The summed E-state index contributed by atoms with van der Waals surface area (Å²) < 4.78 is 32.0. The normalized spacial score (nSPS) is 29.2. The van der Waals surface area contributed by atoms with E-state index in [1.807, 2.05) is 0 Å². The van der Waals surface area contributed by atoms with Crippen LogP contribution >= 0.6 is 0 Å². The van der Waals surface area contributed by atoms with Gasteiger partial charge in [0.25, 0.3) is 5.91 Å². The maximum Gasteiger partial charge on any atom is 0.338 e. The number of ether oxygens (including phenoxy) is 1. The second-order valence-corrected chi connectivity index (χ2v) is 12.2. The van der Waals surface area contributed by atoms with Gasteiger partial charge in [-0.05, 0) is 86.8 Å². The van der Waals surface area contributed by atoms with Gasteiger partial charge in [-0.1, -0.05) is 19.9 Å². The molecule has 5 rings (SSSR count). The van der Waals surface area contributed by atoms with E-state index in [4.69, 9.17) is 4.74 Å². The lowest BCUT2D eigenvalue weighted by Crippen LogP contribution is -2.56. The molecule has 1 aromatic rings. The van der Waals surface area contributed by atoms with Crippen LogP contribution in [0, 0.1) is 23.2 Å². The van der Waals surface area contributed by atoms with Gasteiger partial charge < -0.3 is 10.1 Å². The molecule has 1 N–H and O–H groups in total. The predicted octanol–water partition coefficient (Wildman–Crippen LogP) is 3.60. The van der Waals surface area contributed by atoms with Crippen molar-refractivity contribution in [1.82, 2.24) is 9.62 Å². The van der Waals surface area contributed by atoms with Crippen molar-refractivity contribution in [3.8, 4) is 0 Å². The smallest absolute Gasteiger partial charge is 0.338 e. The molecule has 0 saturated heterocycles. The first-order chi connectivity index (χ1) is 15.7. The highest BCUT2D eigenvalue weighted by Gasteiger charge is 2.53. The third-order valence-electron chi connectivity index (χ3n) is 8.13. The summed E-state index contributed by atoms with van der Waals surface area (Å²) in [6, 6.07) is 5.84. The van der Waals surface area contributed by atoms with Gasteiger partial charge in [-0.15, -0.1) is 0 Å². The molecular weight excluding hydrogens is 440 g/mol. The summed E-state index contributed by atoms with van der Waals surface area (Å²) in [5.41, 5.74) is 0.298. The first kappa shape index (κ1) is 24.2. The van der Waals surface area contributed by atoms with Crippen molar-refractivity contribution in [3.05, 3.63) is 29.8 Å². The van der Waals surface area contributed by atoms with Crippen molar-refractivity contribution < 1.29 is 22.7 Å². The molecule has 0 aliphatic heterocycles. The molecule has 8 heteroatoms. The molecule has 4 aliphatic rings. The summed E-state index contributed by atoms with van der Waals surface area (Å²) in [7, 11) is -3.68. The van der Waals surface area contributed by atoms with Gasteiger partial charge in [0, 0.05) is 19.1 Å². The quantitative estimate of drug-likeness (QED) is 0.550. The van der Waals surface area contributed by atoms with E-state index >= 15 is 0 Å². The van der Waals surface area contributed by atoms with Crippen LogP contribution in [0.25, 0.3) is 0 Å². The Morgan fingerprint density at radius 1 is 1.09 bits per heavy atom. The van der Waals surface area contributed by atoms with Crippen LogP contribution in [-0.4, -0.2) is 50.3 Å². The summed E-state index contributed by atoms with van der Waals surface area (Å²) in [4.78, 5) is 25.2. The Bertz CT molecular complexity index is 967. The Kier molecular flexibility index (Phi) is 6.87. The molecule has 1 amide bonds. The lowest BCUT2D eigenvalue weighted by molar-refractivity contribution is -0.128. The molecule has 0 aromatic heterocycles. The lowest BCUT2D eigenvalue weighted by Gasteiger charge is -2.59. The van der Waals surface area contributed by atoms with E-state index < -0.39 is 16.0 Å². The average Bonchev–Trinajstić information content (AvgIpc) is 2.77. The third kappa shape index (κ3) is 4.83. The largest absolute Gasteiger partial charge is 0.452 e. The van der Waals surface area contributed by atoms with Crippen molar-refractivity contribution >= 4 is 21.9 Å². The summed E-state index contributed by atoms with van der Waals surface area (Å²) in [5, 5.41) is 3.09. The standard InChI is InChI=1S/C25H36N2O5S/c1-4-27(5-2)33(30,31)22-8-6-7-21(12-22)24(29)32-16-23(28)26-17(3)25-13-18-9-19(14-25)11-20(10-18)15-25/h6-8,12,17-20H,4-5,9-11,13-16H2,1-3H3,(H,26,28). The fraction of sp³-hybridized carbons (Fsp3) is 0.680. The van der Waals surface area contributed by atoms with Gasteiger partial charge in [-0.25, -0.2) is 13.2 Å². The topological polar surface area (TPSA) is 92.8 Å². The van der Waals surface area contributed by atoms with Crippen LogP contribution in [0.15, 0.2) is 29.2 Å². The van der Waals surface area contributed by atoms with E-state index in [9.17, 15) is 18.0 Å². The van der Waals surface area contributed by atoms with Gasteiger partial charge in [-0.2, -0.15) is 4.31 Å². The van der Waals surface area contributed by atoms with E-state index in [0.29, 0.717) is 13.1 Å². The first-order valence-corrected chi connectivity index (χ1v) is 13.7.